The van der Waals surface area contributed by atoms with Gasteiger partial charge in [-0.1, -0.05) is 0 Å². The third-order valence-electron chi connectivity index (χ3n) is 4.49. The summed E-state index contributed by atoms with van der Waals surface area (Å²) in [4.78, 5) is 29.4. The highest BCUT2D eigenvalue weighted by molar-refractivity contribution is 5.99. The van der Waals surface area contributed by atoms with E-state index < -0.39 is 11.1 Å². The van der Waals surface area contributed by atoms with Crippen molar-refractivity contribution in [2.45, 2.75) is 12.7 Å². The molecule has 9 nitrogen and oxygen atoms in total. The lowest BCUT2D eigenvalue weighted by atomic mass is 10.2. The third-order valence-corrected chi connectivity index (χ3v) is 4.49. The number of anilines is 1. The van der Waals surface area contributed by atoms with Crippen LogP contribution in [0.2, 0.25) is 0 Å². The molecule has 1 unspecified atom stereocenters. The Morgan fingerprint density at radius 2 is 2.18 bits per heavy atom. The second kappa shape index (κ2) is 7.03. The standard InChI is InChI=1S/C19H16N4O5/c1-27-16-10-12(23(25)26)6-7-15(16)21-18-17-14(5-2-8-20-17)19(24)22(18)11-13-4-3-9-28-13/h2-10,18,21H,11H2,1H3. The lowest BCUT2D eigenvalue weighted by molar-refractivity contribution is -0.384. The van der Waals surface area contributed by atoms with E-state index in [9.17, 15) is 14.9 Å². The van der Waals surface area contributed by atoms with Crippen molar-refractivity contribution in [2.75, 3.05) is 12.4 Å². The number of furan rings is 1. The number of carbonyl (C=O) groups excluding carboxylic acids is 1. The number of fused-ring (bicyclic) bond motifs is 1. The van der Waals surface area contributed by atoms with Gasteiger partial charge in [-0.2, -0.15) is 0 Å². The van der Waals surface area contributed by atoms with Gasteiger partial charge in [0.15, 0.2) is 0 Å². The Hall–Kier alpha value is -3.88. The number of methoxy groups -OCH3 is 1. The number of nitro groups is 1. The minimum absolute atomic E-state index is 0.0872. The van der Waals surface area contributed by atoms with Gasteiger partial charge in [-0.05, 0) is 30.3 Å². The molecule has 3 heterocycles. The van der Waals surface area contributed by atoms with E-state index in [4.69, 9.17) is 9.15 Å². The molecule has 0 spiro atoms. The molecule has 0 aliphatic carbocycles. The van der Waals surface area contributed by atoms with Crippen molar-refractivity contribution >= 4 is 17.3 Å². The quantitative estimate of drug-likeness (QED) is 0.515. The third kappa shape index (κ3) is 3.02. The first-order chi connectivity index (χ1) is 13.6. The number of hydrogen-bond acceptors (Lipinski definition) is 7. The second-order valence-electron chi connectivity index (χ2n) is 6.14. The summed E-state index contributed by atoms with van der Waals surface area (Å²) in [7, 11) is 1.43. The van der Waals surface area contributed by atoms with Crippen LogP contribution < -0.4 is 10.1 Å². The van der Waals surface area contributed by atoms with Crippen LogP contribution in [0.4, 0.5) is 11.4 Å². The fourth-order valence-electron chi connectivity index (χ4n) is 3.18. The first kappa shape index (κ1) is 17.5. The molecule has 0 saturated carbocycles. The van der Waals surface area contributed by atoms with Crippen molar-refractivity contribution in [3.63, 3.8) is 0 Å². The monoisotopic (exact) mass is 380 g/mol. The van der Waals surface area contributed by atoms with Crippen molar-refractivity contribution < 1.29 is 18.9 Å². The van der Waals surface area contributed by atoms with Gasteiger partial charge in [0.1, 0.15) is 17.7 Å². The molecule has 3 aromatic rings. The van der Waals surface area contributed by atoms with Crippen LogP contribution in [0.25, 0.3) is 0 Å². The number of nitrogens with one attached hydrogen (secondary N) is 1. The van der Waals surface area contributed by atoms with E-state index in [2.05, 4.69) is 10.3 Å². The van der Waals surface area contributed by atoms with Crippen LogP contribution in [0.15, 0.2) is 59.3 Å². The van der Waals surface area contributed by atoms with Crippen LogP contribution in [0.1, 0.15) is 28.0 Å². The van der Waals surface area contributed by atoms with Gasteiger partial charge < -0.3 is 19.4 Å². The smallest absolute Gasteiger partial charge is 0.273 e. The Morgan fingerprint density at radius 1 is 1.32 bits per heavy atom. The van der Waals surface area contributed by atoms with Crippen molar-refractivity contribution in [1.29, 1.82) is 0 Å². The Balaban J connectivity index is 1.71. The average Bonchev–Trinajstić information content (AvgIpc) is 3.31. The van der Waals surface area contributed by atoms with Crippen molar-refractivity contribution in [1.82, 2.24) is 9.88 Å². The minimum atomic E-state index is -0.579. The van der Waals surface area contributed by atoms with E-state index in [-0.39, 0.29) is 18.1 Å². The molecule has 9 heteroatoms. The molecule has 2 aromatic heterocycles. The van der Waals surface area contributed by atoms with E-state index in [0.29, 0.717) is 28.5 Å². The number of amides is 1. The van der Waals surface area contributed by atoms with E-state index in [1.165, 1.54) is 19.2 Å². The van der Waals surface area contributed by atoms with E-state index in [1.54, 1.807) is 47.7 Å². The second-order valence-corrected chi connectivity index (χ2v) is 6.14. The van der Waals surface area contributed by atoms with Crippen molar-refractivity contribution in [3.05, 3.63) is 82.1 Å². The lowest BCUT2D eigenvalue weighted by Gasteiger charge is -2.26. The van der Waals surface area contributed by atoms with Crippen LogP contribution >= 0.6 is 0 Å². The molecular formula is C19H16N4O5. The molecule has 4 rings (SSSR count). The van der Waals surface area contributed by atoms with E-state index in [0.717, 1.165) is 0 Å². The van der Waals surface area contributed by atoms with Gasteiger partial charge in [-0.15, -0.1) is 0 Å². The number of rotatable bonds is 6. The number of pyridine rings is 1. The Labute approximate surface area is 159 Å². The molecule has 1 aromatic carbocycles. The summed E-state index contributed by atoms with van der Waals surface area (Å²) in [6.07, 6.45) is 2.58. The van der Waals surface area contributed by atoms with Crippen molar-refractivity contribution in [2.24, 2.45) is 0 Å². The normalized spacial score (nSPS) is 15.4. The SMILES string of the molecule is COc1cc([N+](=O)[O-])ccc1NC1c2ncccc2C(=O)N1Cc1ccco1. The number of ether oxygens (including phenoxy) is 1. The molecule has 1 N–H and O–H groups in total. The first-order valence-electron chi connectivity index (χ1n) is 8.45. The maximum absolute atomic E-state index is 12.9. The number of aromatic nitrogens is 1. The zero-order valence-electron chi connectivity index (χ0n) is 14.9. The molecule has 0 radical (unpaired) electrons. The summed E-state index contributed by atoms with van der Waals surface area (Å²) in [5.41, 5.74) is 1.48. The number of nitro benzene ring substituents is 1. The van der Waals surface area contributed by atoms with Gasteiger partial charge in [0.05, 0.1) is 47.9 Å². The van der Waals surface area contributed by atoms with Gasteiger partial charge in [0.2, 0.25) is 0 Å². The molecular weight excluding hydrogens is 364 g/mol. The molecule has 1 amide bonds. The van der Waals surface area contributed by atoms with Crippen LogP contribution in [0.3, 0.4) is 0 Å². The molecule has 1 aliphatic rings. The zero-order chi connectivity index (χ0) is 19.7. The van der Waals surface area contributed by atoms with Crippen LogP contribution in [0.5, 0.6) is 5.75 Å². The molecule has 1 aliphatic heterocycles. The Bertz CT molecular complexity index is 1030. The number of nitrogens with zero attached hydrogens (tertiary/aromatic N) is 3. The maximum Gasteiger partial charge on any atom is 0.273 e. The molecule has 1 atom stereocenters. The topological polar surface area (TPSA) is 111 Å². The van der Waals surface area contributed by atoms with Gasteiger partial charge in [-0.25, -0.2) is 0 Å². The highest BCUT2D eigenvalue weighted by atomic mass is 16.6. The number of benzene rings is 1. The summed E-state index contributed by atoms with van der Waals surface area (Å²) >= 11 is 0. The molecule has 0 fully saturated rings. The fourth-order valence-corrected chi connectivity index (χ4v) is 3.18. The van der Waals surface area contributed by atoms with Gasteiger partial charge in [0.25, 0.3) is 11.6 Å². The maximum atomic E-state index is 12.9. The van der Waals surface area contributed by atoms with Gasteiger partial charge in [0, 0.05) is 12.3 Å². The van der Waals surface area contributed by atoms with E-state index >= 15 is 0 Å². The fraction of sp³-hybridized carbons (Fsp3) is 0.158. The number of carbonyl (C=O) groups is 1. The minimum Gasteiger partial charge on any atom is -0.494 e. The summed E-state index contributed by atoms with van der Waals surface area (Å²) in [5, 5.41) is 14.2. The summed E-state index contributed by atoms with van der Waals surface area (Å²) in [6, 6.07) is 11.2. The van der Waals surface area contributed by atoms with Crippen LogP contribution in [-0.4, -0.2) is 27.8 Å². The zero-order valence-corrected chi connectivity index (χ0v) is 14.9. The van der Waals surface area contributed by atoms with Crippen LogP contribution in [-0.2, 0) is 6.54 Å². The molecule has 0 saturated heterocycles. The highest BCUT2D eigenvalue weighted by Crippen LogP contribution is 2.37. The average molecular weight is 380 g/mol. The highest BCUT2D eigenvalue weighted by Gasteiger charge is 2.38. The molecule has 28 heavy (non-hydrogen) atoms. The molecule has 0 bridgehead atoms. The number of non-ortho nitro benzene ring substituents is 1. The van der Waals surface area contributed by atoms with Crippen LogP contribution in [0, 0.1) is 10.1 Å². The predicted octanol–water partition coefficient (Wildman–Crippen LogP) is 3.36. The first-order valence-corrected chi connectivity index (χ1v) is 8.45. The largest absolute Gasteiger partial charge is 0.494 e. The Morgan fingerprint density at radius 3 is 2.89 bits per heavy atom. The number of hydrogen-bond donors (Lipinski definition) is 1. The van der Waals surface area contributed by atoms with Crippen molar-refractivity contribution in [3.8, 4) is 5.75 Å². The van der Waals surface area contributed by atoms with Gasteiger partial charge in [-0.3, -0.25) is 19.9 Å². The lowest BCUT2D eigenvalue weighted by Crippen LogP contribution is -2.32. The molecule has 142 valence electrons. The van der Waals surface area contributed by atoms with Gasteiger partial charge >= 0.3 is 0 Å². The summed E-state index contributed by atoms with van der Waals surface area (Å²) < 4.78 is 10.7. The summed E-state index contributed by atoms with van der Waals surface area (Å²) in [5.74, 6) is 0.741. The van der Waals surface area contributed by atoms with E-state index in [1.807, 2.05) is 0 Å². The predicted molar refractivity (Wildman–Crippen MR) is 98.8 cm³/mol. The Kier molecular flexibility index (Phi) is 4.40. The summed E-state index contributed by atoms with van der Waals surface area (Å²) in [6.45, 7) is 0.245.